The van der Waals surface area contributed by atoms with Gasteiger partial charge in [0.2, 0.25) is 0 Å². The Morgan fingerprint density at radius 1 is 1.53 bits per heavy atom. The summed E-state index contributed by atoms with van der Waals surface area (Å²) in [4.78, 5) is 17.3. The number of aliphatic hydroxyl groups is 1. The van der Waals surface area contributed by atoms with E-state index in [4.69, 9.17) is 0 Å². The molecule has 4 nitrogen and oxygen atoms in total. The van der Waals surface area contributed by atoms with Crippen molar-refractivity contribution < 1.29 is 9.90 Å². The van der Waals surface area contributed by atoms with Crippen LogP contribution < -0.4 is 4.90 Å². The summed E-state index contributed by atoms with van der Waals surface area (Å²) in [6.07, 6.45) is 3.41. The van der Waals surface area contributed by atoms with Crippen LogP contribution in [0, 0.1) is 5.92 Å². The van der Waals surface area contributed by atoms with Gasteiger partial charge in [-0.25, -0.2) is 0 Å². The van der Waals surface area contributed by atoms with Crippen LogP contribution in [0.5, 0.6) is 0 Å². The van der Waals surface area contributed by atoms with Gasteiger partial charge in [0.1, 0.15) is 5.69 Å². The van der Waals surface area contributed by atoms with Crippen LogP contribution in [-0.4, -0.2) is 35.6 Å². The molecule has 1 aromatic heterocycles. The Hall–Kier alpha value is -1.42. The molecular formula is C13H18N2O2. The van der Waals surface area contributed by atoms with Crippen LogP contribution in [0.4, 0.5) is 5.69 Å². The zero-order valence-electron chi connectivity index (χ0n) is 10.3. The van der Waals surface area contributed by atoms with Crippen molar-refractivity contribution in [2.24, 2.45) is 5.92 Å². The number of pyridine rings is 1. The van der Waals surface area contributed by atoms with Crippen molar-refractivity contribution in [2.45, 2.75) is 25.9 Å². The highest BCUT2D eigenvalue weighted by Crippen LogP contribution is 2.28. The van der Waals surface area contributed by atoms with Crippen LogP contribution in [-0.2, 0) is 0 Å². The van der Waals surface area contributed by atoms with Gasteiger partial charge in [-0.2, -0.15) is 0 Å². The summed E-state index contributed by atoms with van der Waals surface area (Å²) in [6.45, 7) is 2.44. The quantitative estimate of drug-likeness (QED) is 0.802. The molecule has 1 N–H and O–H groups in total. The summed E-state index contributed by atoms with van der Waals surface area (Å²) in [5, 5.41) is 9.23. The van der Waals surface area contributed by atoms with Gasteiger partial charge in [-0.1, -0.05) is 0 Å². The van der Waals surface area contributed by atoms with Crippen molar-refractivity contribution >= 4 is 11.5 Å². The summed E-state index contributed by atoms with van der Waals surface area (Å²) in [7, 11) is 2.01. The van der Waals surface area contributed by atoms with E-state index >= 15 is 0 Å². The van der Waals surface area contributed by atoms with Crippen molar-refractivity contribution in [1.29, 1.82) is 0 Å². The molecule has 0 atom stereocenters. The molecule has 1 aliphatic carbocycles. The average molecular weight is 234 g/mol. The summed E-state index contributed by atoms with van der Waals surface area (Å²) < 4.78 is 0. The molecule has 0 radical (unpaired) electrons. The normalized spacial score (nSPS) is 23.0. The second-order valence-corrected chi connectivity index (χ2v) is 4.83. The standard InChI is InChI=1S/C13H18N2O2/c1-9(16)13-4-3-11(7-14-13)15(2)8-10-5-12(17)6-10/h3-4,7,10,12,17H,5-6,8H2,1-2H3. The zero-order valence-corrected chi connectivity index (χ0v) is 10.3. The summed E-state index contributed by atoms with van der Waals surface area (Å²) in [5.41, 5.74) is 1.51. The van der Waals surface area contributed by atoms with E-state index in [-0.39, 0.29) is 11.9 Å². The predicted octanol–water partition coefficient (Wildman–Crippen LogP) is 1.49. The fourth-order valence-corrected chi connectivity index (χ4v) is 2.16. The molecule has 1 aliphatic rings. The molecule has 1 heterocycles. The van der Waals surface area contributed by atoms with E-state index in [1.165, 1.54) is 6.92 Å². The van der Waals surface area contributed by atoms with E-state index in [2.05, 4.69) is 9.88 Å². The third-order valence-electron chi connectivity index (χ3n) is 3.29. The molecule has 0 bridgehead atoms. The Labute approximate surface area is 101 Å². The Morgan fingerprint density at radius 2 is 2.24 bits per heavy atom. The van der Waals surface area contributed by atoms with Gasteiger partial charge in [0.05, 0.1) is 18.0 Å². The van der Waals surface area contributed by atoms with E-state index in [9.17, 15) is 9.90 Å². The highest BCUT2D eigenvalue weighted by atomic mass is 16.3. The van der Waals surface area contributed by atoms with Gasteiger partial charge in [0.15, 0.2) is 5.78 Å². The van der Waals surface area contributed by atoms with Crippen molar-refractivity contribution in [3.63, 3.8) is 0 Å². The van der Waals surface area contributed by atoms with E-state index in [0.29, 0.717) is 11.6 Å². The van der Waals surface area contributed by atoms with Gasteiger partial charge >= 0.3 is 0 Å². The fourth-order valence-electron chi connectivity index (χ4n) is 2.16. The van der Waals surface area contributed by atoms with Crippen LogP contribution in [0.1, 0.15) is 30.3 Å². The average Bonchev–Trinajstić information content (AvgIpc) is 2.27. The van der Waals surface area contributed by atoms with Crippen molar-refractivity contribution in [2.75, 3.05) is 18.5 Å². The van der Waals surface area contributed by atoms with Crippen molar-refractivity contribution in [1.82, 2.24) is 4.98 Å². The number of Topliss-reactive ketones (excluding diaryl/α,β-unsaturated/α-hetero) is 1. The third kappa shape index (κ3) is 2.82. The molecule has 0 aliphatic heterocycles. The summed E-state index contributed by atoms with van der Waals surface area (Å²) in [5.74, 6) is 0.559. The molecule has 1 fully saturated rings. The Bertz CT molecular complexity index is 396. The second-order valence-electron chi connectivity index (χ2n) is 4.83. The minimum atomic E-state index is -0.105. The van der Waals surface area contributed by atoms with Gasteiger partial charge in [-0.05, 0) is 30.9 Å². The SMILES string of the molecule is CC(=O)c1ccc(N(C)CC2CC(O)C2)cn1. The van der Waals surface area contributed by atoms with Crippen molar-refractivity contribution in [3.05, 3.63) is 24.0 Å². The topological polar surface area (TPSA) is 53.4 Å². The number of hydrogen-bond acceptors (Lipinski definition) is 4. The van der Waals surface area contributed by atoms with E-state index < -0.39 is 0 Å². The minimum absolute atomic E-state index is 0.0127. The first-order valence-electron chi connectivity index (χ1n) is 5.92. The molecule has 1 aromatic rings. The van der Waals surface area contributed by atoms with Crippen LogP contribution in [0.15, 0.2) is 18.3 Å². The molecule has 0 amide bonds. The van der Waals surface area contributed by atoms with Gasteiger partial charge in [0.25, 0.3) is 0 Å². The number of anilines is 1. The molecule has 4 heteroatoms. The third-order valence-corrected chi connectivity index (χ3v) is 3.29. The van der Waals surface area contributed by atoms with Gasteiger partial charge in [-0.15, -0.1) is 0 Å². The first-order chi connectivity index (χ1) is 8.06. The number of carbonyl (C=O) groups excluding carboxylic acids is 1. The molecule has 17 heavy (non-hydrogen) atoms. The number of aromatic nitrogens is 1. The lowest BCUT2D eigenvalue weighted by Crippen LogP contribution is -2.37. The number of nitrogens with zero attached hydrogens (tertiary/aromatic N) is 2. The first-order valence-corrected chi connectivity index (χ1v) is 5.92. The second kappa shape index (κ2) is 4.84. The van der Waals surface area contributed by atoms with Crippen LogP contribution in [0.3, 0.4) is 0 Å². The van der Waals surface area contributed by atoms with Crippen LogP contribution in [0.25, 0.3) is 0 Å². The monoisotopic (exact) mass is 234 g/mol. The Balaban J connectivity index is 1.94. The van der Waals surface area contributed by atoms with Crippen LogP contribution >= 0.6 is 0 Å². The maximum absolute atomic E-state index is 11.1. The minimum Gasteiger partial charge on any atom is -0.393 e. The first kappa shape index (κ1) is 12.0. The van der Waals surface area contributed by atoms with Gasteiger partial charge < -0.3 is 10.0 Å². The van der Waals surface area contributed by atoms with Crippen molar-refractivity contribution in [3.8, 4) is 0 Å². The summed E-state index contributed by atoms with van der Waals surface area (Å²) in [6, 6.07) is 3.67. The maximum atomic E-state index is 11.1. The molecule has 1 saturated carbocycles. The Morgan fingerprint density at radius 3 is 2.71 bits per heavy atom. The lowest BCUT2D eigenvalue weighted by Gasteiger charge is -2.35. The van der Waals surface area contributed by atoms with E-state index in [0.717, 1.165) is 25.1 Å². The number of ketones is 1. The number of rotatable bonds is 4. The molecule has 92 valence electrons. The lowest BCUT2D eigenvalue weighted by atomic mass is 9.82. The van der Waals surface area contributed by atoms with E-state index in [1.54, 1.807) is 12.3 Å². The number of aliphatic hydroxyl groups excluding tert-OH is 1. The van der Waals surface area contributed by atoms with Gasteiger partial charge in [0, 0.05) is 20.5 Å². The highest BCUT2D eigenvalue weighted by molar-refractivity contribution is 5.92. The van der Waals surface area contributed by atoms with Gasteiger partial charge in [-0.3, -0.25) is 9.78 Å². The molecule has 0 spiro atoms. The number of hydrogen-bond donors (Lipinski definition) is 1. The fraction of sp³-hybridized carbons (Fsp3) is 0.538. The molecule has 0 aromatic carbocycles. The lowest BCUT2D eigenvalue weighted by molar-refractivity contribution is 0.0464. The predicted molar refractivity (Wildman–Crippen MR) is 66.2 cm³/mol. The molecule has 0 saturated heterocycles. The largest absolute Gasteiger partial charge is 0.393 e. The maximum Gasteiger partial charge on any atom is 0.178 e. The molecule has 0 unspecified atom stereocenters. The smallest absolute Gasteiger partial charge is 0.178 e. The van der Waals surface area contributed by atoms with Crippen LogP contribution in [0.2, 0.25) is 0 Å². The molecular weight excluding hydrogens is 216 g/mol. The zero-order chi connectivity index (χ0) is 12.4. The highest BCUT2D eigenvalue weighted by Gasteiger charge is 2.28. The van der Waals surface area contributed by atoms with E-state index in [1.807, 2.05) is 13.1 Å². The molecule has 2 rings (SSSR count). The summed E-state index contributed by atoms with van der Waals surface area (Å²) >= 11 is 0. The Kier molecular flexibility index (Phi) is 3.43. The number of carbonyl (C=O) groups is 1.